The smallest absolute Gasteiger partial charge is 0.282 e. The lowest BCUT2D eigenvalue weighted by molar-refractivity contribution is -0.714. The molecule has 4 heteroatoms. The predicted molar refractivity (Wildman–Crippen MR) is 82.6 cm³/mol. The number of hydrogen-bond donors (Lipinski definition) is 2. The molecule has 3 atom stereocenters. The lowest BCUT2D eigenvalue weighted by Crippen LogP contribution is -2.97. The van der Waals surface area contributed by atoms with Crippen LogP contribution in [0, 0.1) is 17.2 Å². The van der Waals surface area contributed by atoms with Crippen molar-refractivity contribution in [2.45, 2.75) is 51.6 Å². The van der Waals surface area contributed by atoms with Gasteiger partial charge in [0.1, 0.15) is 6.07 Å². The molecule has 0 spiro atoms. The minimum absolute atomic E-state index is 0.0320. The fraction of sp³-hybridized carbons (Fsp3) is 0.529. The van der Waals surface area contributed by atoms with Gasteiger partial charge in [0.05, 0.1) is 17.3 Å². The lowest BCUT2D eigenvalue weighted by atomic mass is 9.85. The Morgan fingerprint density at radius 3 is 2.81 bits per heavy atom. The summed E-state index contributed by atoms with van der Waals surface area (Å²) in [6.07, 6.45) is 5.01. The maximum Gasteiger partial charge on any atom is 0.282 e. The number of carbonyl (C=O) groups is 1. The van der Waals surface area contributed by atoms with E-state index in [1.54, 1.807) is 18.2 Å². The van der Waals surface area contributed by atoms with Gasteiger partial charge in [-0.2, -0.15) is 5.26 Å². The number of hydrogen-bond acceptors (Lipinski definition) is 2. The second kappa shape index (κ2) is 7.24. The molecule has 1 aliphatic rings. The summed E-state index contributed by atoms with van der Waals surface area (Å²) in [5, 5.41) is 14.1. The van der Waals surface area contributed by atoms with E-state index >= 15 is 0 Å². The molecule has 0 aromatic heterocycles. The Morgan fingerprint density at radius 1 is 1.38 bits per heavy atom. The van der Waals surface area contributed by atoms with Gasteiger partial charge in [0, 0.05) is 5.92 Å². The van der Waals surface area contributed by atoms with Crippen LogP contribution in [0.4, 0.5) is 5.69 Å². The Bertz CT molecular complexity index is 535. The molecule has 1 amide bonds. The standard InChI is InChI=1S/C17H23N3O/c1-12-7-3-5-9-15(12)19-13(2)17(21)20-16-10-6-4-8-14(16)11-18/h4,6,8,10,12-13,15,19H,3,5,7,9H2,1-2H3,(H,20,21)/p+1/t12-,13+,15+/m1/s1. The highest BCUT2D eigenvalue weighted by Crippen LogP contribution is 2.21. The maximum atomic E-state index is 12.3. The van der Waals surface area contributed by atoms with E-state index in [2.05, 4.69) is 23.6 Å². The highest BCUT2D eigenvalue weighted by Gasteiger charge is 2.28. The summed E-state index contributed by atoms with van der Waals surface area (Å²) in [5.74, 6) is 0.635. The van der Waals surface area contributed by atoms with Crippen molar-refractivity contribution in [3.8, 4) is 6.07 Å². The van der Waals surface area contributed by atoms with E-state index in [-0.39, 0.29) is 11.9 Å². The molecule has 0 radical (unpaired) electrons. The molecule has 0 bridgehead atoms. The van der Waals surface area contributed by atoms with Gasteiger partial charge in [-0.25, -0.2) is 0 Å². The molecule has 1 fully saturated rings. The topological polar surface area (TPSA) is 69.5 Å². The van der Waals surface area contributed by atoms with Gasteiger partial charge >= 0.3 is 0 Å². The first-order chi connectivity index (χ1) is 10.1. The van der Waals surface area contributed by atoms with Crippen molar-refractivity contribution >= 4 is 11.6 Å². The zero-order chi connectivity index (χ0) is 15.2. The van der Waals surface area contributed by atoms with Crippen LogP contribution in [0.3, 0.4) is 0 Å². The Hall–Kier alpha value is -1.86. The first kappa shape index (κ1) is 15.5. The quantitative estimate of drug-likeness (QED) is 0.889. The number of amides is 1. The predicted octanol–water partition coefficient (Wildman–Crippen LogP) is 2.03. The third kappa shape index (κ3) is 4.05. The van der Waals surface area contributed by atoms with Gasteiger partial charge < -0.3 is 10.6 Å². The third-order valence-electron chi connectivity index (χ3n) is 4.43. The Labute approximate surface area is 126 Å². The highest BCUT2D eigenvalue weighted by molar-refractivity contribution is 5.94. The molecule has 1 aromatic carbocycles. The molecule has 0 heterocycles. The van der Waals surface area contributed by atoms with Crippen molar-refractivity contribution in [3.05, 3.63) is 29.8 Å². The molecule has 1 aliphatic carbocycles. The number of nitrogens with zero attached hydrogens (tertiary/aromatic N) is 1. The van der Waals surface area contributed by atoms with Gasteiger partial charge in [-0.05, 0) is 38.3 Å². The van der Waals surface area contributed by atoms with Crippen LogP contribution in [0.5, 0.6) is 0 Å². The van der Waals surface area contributed by atoms with Crippen molar-refractivity contribution in [3.63, 3.8) is 0 Å². The molecular formula is C17H24N3O+. The molecule has 0 unspecified atom stereocenters. The van der Waals surface area contributed by atoms with Gasteiger partial charge in [0.15, 0.2) is 6.04 Å². The average Bonchev–Trinajstić information content (AvgIpc) is 2.50. The SMILES string of the molecule is C[C@H]([NH2+][C@H]1CCCC[C@H]1C)C(=O)Nc1ccccc1C#N. The van der Waals surface area contributed by atoms with Gasteiger partial charge in [0.25, 0.3) is 5.91 Å². The second-order valence-electron chi connectivity index (χ2n) is 6.05. The van der Waals surface area contributed by atoms with E-state index in [0.717, 1.165) is 0 Å². The third-order valence-corrected chi connectivity index (χ3v) is 4.43. The van der Waals surface area contributed by atoms with Crippen molar-refractivity contribution < 1.29 is 10.1 Å². The van der Waals surface area contributed by atoms with Crippen molar-refractivity contribution in [2.24, 2.45) is 5.92 Å². The molecule has 0 aliphatic heterocycles. The van der Waals surface area contributed by atoms with E-state index in [1.165, 1.54) is 25.7 Å². The Morgan fingerprint density at radius 2 is 2.10 bits per heavy atom. The highest BCUT2D eigenvalue weighted by atomic mass is 16.2. The van der Waals surface area contributed by atoms with Gasteiger partial charge in [-0.1, -0.05) is 25.5 Å². The number of nitriles is 1. The monoisotopic (exact) mass is 286 g/mol. The van der Waals surface area contributed by atoms with Crippen LogP contribution in [0.25, 0.3) is 0 Å². The number of benzene rings is 1. The van der Waals surface area contributed by atoms with Gasteiger partial charge in [0.2, 0.25) is 0 Å². The molecule has 1 aromatic rings. The van der Waals surface area contributed by atoms with Gasteiger partial charge in [-0.3, -0.25) is 4.79 Å². The zero-order valence-electron chi connectivity index (χ0n) is 12.8. The molecule has 0 saturated heterocycles. The minimum atomic E-state index is -0.137. The van der Waals surface area contributed by atoms with Crippen LogP contribution in [0.1, 0.15) is 45.1 Å². The second-order valence-corrected chi connectivity index (χ2v) is 6.05. The number of quaternary nitrogens is 1. The van der Waals surface area contributed by atoms with E-state index < -0.39 is 0 Å². The van der Waals surface area contributed by atoms with E-state index in [4.69, 9.17) is 5.26 Å². The fourth-order valence-electron chi connectivity index (χ4n) is 3.03. The largest absolute Gasteiger partial charge is 0.334 e. The maximum absolute atomic E-state index is 12.3. The van der Waals surface area contributed by atoms with E-state index in [1.807, 2.05) is 13.0 Å². The Kier molecular flexibility index (Phi) is 5.35. The molecule has 4 nitrogen and oxygen atoms in total. The summed E-state index contributed by atoms with van der Waals surface area (Å²) in [6.45, 7) is 4.21. The minimum Gasteiger partial charge on any atom is -0.334 e. The van der Waals surface area contributed by atoms with E-state index in [0.29, 0.717) is 23.2 Å². The summed E-state index contributed by atoms with van der Waals surface area (Å²) < 4.78 is 0. The molecule has 2 rings (SSSR count). The van der Waals surface area contributed by atoms with Crippen LogP contribution < -0.4 is 10.6 Å². The van der Waals surface area contributed by atoms with Crippen molar-refractivity contribution in [1.82, 2.24) is 0 Å². The normalized spacial score (nSPS) is 23.1. The first-order valence-corrected chi connectivity index (χ1v) is 7.76. The summed E-state index contributed by atoms with van der Waals surface area (Å²) in [5.41, 5.74) is 1.10. The first-order valence-electron chi connectivity index (χ1n) is 7.76. The fourth-order valence-corrected chi connectivity index (χ4v) is 3.03. The molecule has 3 N–H and O–H groups in total. The number of para-hydroxylation sites is 1. The lowest BCUT2D eigenvalue weighted by Gasteiger charge is -2.28. The number of nitrogens with two attached hydrogens (primary N) is 1. The van der Waals surface area contributed by atoms with Crippen LogP contribution >= 0.6 is 0 Å². The van der Waals surface area contributed by atoms with Gasteiger partial charge in [-0.15, -0.1) is 0 Å². The number of rotatable bonds is 4. The summed E-state index contributed by atoms with van der Waals surface area (Å²) in [4.78, 5) is 12.3. The molecular weight excluding hydrogens is 262 g/mol. The van der Waals surface area contributed by atoms with Crippen LogP contribution in [0.2, 0.25) is 0 Å². The zero-order valence-corrected chi connectivity index (χ0v) is 12.8. The summed E-state index contributed by atoms with van der Waals surface area (Å²) >= 11 is 0. The molecule has 21 heavy (non-hydrogen) atoms. The molecule has 1 saturated carbocycles. The van der Waals surface area contributed by atoms with E-state index in [9.17, 15) is 4.79 Å². The summed E-state index contributed by atoms with van der Waals surface area (Å²) in [7, 11) is 0. The van der Waals surface area contributed by atoms with Crippen LogP contribution in [0.15, 0.2) is 24.3 Å². The van der Waals surface area contributed by atoms with Crippen LogP contribution in [-0.4, -0.2) is 18.0 Å². The number of anilines is 1. The molecule has 112 valence electrons. The van der Waals surface area contributed by atoms with Crippen molar-refractivity contribution in [1.29, 1.82) is 5.26 Å². The van der Waals surface area contributed by atoms with Crippen molar-refractivity contribution in [2.75, 3.05) is 5.32 Å². The number of nitrogens with one attached hydrogen (secondary N) is 1. The average molecular weight is 286 g/mol. The Balaban J connectivity index is 1.95. The number of carbonyl (C=O) groups excluding carboxylic acids is 1. The summed E-state index contributed by atoms with van der Waals surface area (Å²) in [6, 6.07) is 9.61. The van der Waals surface area contributed by atoms with Crippen LogP contribution in [-0.2, 0) is 4.79 Å².